The molecular formula is C21H16FN3OS. The van der Waals surface area contributed by atoms with Crippen LogP contribution < -0.4 is 5.56 Å². The zero-order valence-corrected chi connectivity index (χ0v) is 15.2. The summed E-state index contributed by atoms with van der Waals surface area (Å²) in [6.45, 7) is 4.09. The first-order valence-electron chi connectivity index (χ1n) is 8.44. The number of hydrogen-bond acceptors (Lipinski definition) is 4. The van der Waals surface area contributed by atoms with Crippen molar-refractivity contribution in [2.75, 3.05) is 0 Å². The third-order valence-corrected chi connectivity index (χ3v) is 5.27. The molecule has 134 valence electrons. The average Bonchev–Trinajstić information content (AvgIpc) is 2.68. The van der Waals surface area contributed by atoms with Gasteiger partial charge in [-0.25, -0.2) is 9.37 Å². The molecule has 0 fully saturated rings. The highest BCUT2D eigenvalue weighted by molar-refractivity contribution is 7.98. The molecule has 0 saturated carbocycles. The Bertz CT molecular complexity index is 1220. The number of halogens is 1. The van der Waals surface area contributed by atoms with Gasteiger partial charge in [0.25, 0.3) is 5.56 Å². The molecule has 0 aliphatic carbocycles. The molecule has 4 nitrogen and oxygen atoms in total. The monoisotopic (exact) mass is 377 g/mol. The third-order valence-electron chi connectivity index (χ3n) is 4.24. The number of aromatic nitrogens is 3. The molecule has 0 atom stereocenters. The van der Waals surface area contributed by atoms with E-state index in [1.165, 1.54) is 23.9 Å². The summed E-state index contributed by atoms with van der Waals surface area (Å²) < 4.78 is 15.6. The van der Waals surface area contributed by atoms with E-state index in [1.807, 2.05) is 24.3 Å². The van der Waals surface area contributed by atoms with Crippen molar-refractivity contribution in [3.63, 3.8) is 0 Å². The van der Waals surface area contributed by atoms with Crippen molar-refractivity contribution in [1.82, 2.24) is 14.5 Å². The van der Waals surface area contributed by atoms with E-state index in [4.69, 9.17) is 0 Å². The van der Waals surface area contributed by atoms with Gasteiger partial charge in [-0.15, -0.1) is 6.58 Å². The summed E-state index contributed by atoms with van der Waals surface area (Å²) in [7, 11) is 0. The van der Waals surface area contributed by atoms with Crippen molar-refractivity contribution in [2.24, 2.45) is 0 Å². The summed E-state index contributed by atoms with van der Waals surface area (Å²) in [5.41, 5.74) is 2.06. The van der Waals surface area contributed by atoms with E-state index in [2.05, 4.69) is 16.5 Å². The van der Waals surface area contributed by atoms with Gasteiger partial charge in [-0.05, 0) is 35.9 Å². The number of benzene rings is 2. The lowest BCUT2D eigenvalue weighted by Gasteiger charge is -2.12. The van der Waals surface area contributed by atoms with Crippen molar-refractivity contribution >= 4 is 33.6 Å². The van der Waals surface area contributed by atoms with Crippen LogP contribution in [0, 0.1) is 5.82 Å². The zero-order chi connectivity index (χ0) is 18.8. The van der Waals surface area contributed by atoms with Gasteiger partial charge in [0.15, 0.2) is 5.16 Å². The van der Waals surface area contributed by atoms with E-state index in [1.54, 1.807) is 29.0 Å². The highest BCUT2D eigenvalue weighted by Gasteiger charge is 2.12. The molecule has 0 unspecified atom stereocenters. The number of hydrogen-bond donors (Lipinski definition) is 0. The molecule has 0 radical (unpaired) electrons. The summed E-state index contributed by atoms with van der Waals surface area (Å²) in [5, 5.41) is 1.90. The summed E-state index contributed by atoms with van der Waals surface area (Å²) in [6.07, 6.45) is 3.36. The number of rotatable bonds is 5. The maximum Gasteiger partial charge on any atom is 0.262 e. The Balaban J connectivity index is 1.77. The second kappa shape index (κ2) is 7.32. The molecule has 6 heteroatoms. The minimum atomic E-state index is -0.305. The fourth-order valence-electron chi connectivity index (χ4n) is 3.03. The quantitative estimate of drug-likeness (QED) is 0.291. The van der Waals surface area contributed by atoms with Gasteiger partial charge in [0.2, 0.25) is 0 Å². The molecule has 0 aliphatic heterocycles. The summed E-state index contributed by atoms with van der Waals surface area (Å²) in [6, 6.07) is 13.8. The van der Waals surface area contributed by atoms with Crippen LogP contribution in [0.4, 0.5) is 4.39 Å². The molecule has 4 rings (SSSR count). The molecule has 2 heterocycles. The van der Waals surface area contributed by atoms with Crippen LogP contribution in [0.2, 0.25) is 0 Å². The Morgan fingerprint density at radius 1 is 1.19 bits per heavy atom. The SMILES string of the molecule is C=CCn1c(SCc2cc(F)cc3cccnc23)nc2ccccc2c1=O. The minimum absolute atomic E-state index is 0.106. The normalized spacial score (nSPS) is 11.1. The van der Waals surface area contributed by atoms with Crippen molar-refractivity contribution in [1.29, 1.82) is 0 Å². The smallest absolute Gasteiger partial charge is 0.262 e. The van der Waals surface area contributed by atoms with Crippen molar-refractivity contribution < 1.29 is 4.39 Å². The summed E-state index contributed by atoms with van der Waals surface area (Å²) in [5.74, 6) is 0.147. The van der Waals surface area contributed by atoms with E-state index in [-0.39, 0.29) is 11.4 Å². The highest BCUT2D eigenvalue weighted by Crippen LogP contribution is 2.27. The van der Waals surface area contributed by atoms with Gasteiger partial charge in [-0.1, -0.05) is 36.0 Å². The number of thioether (sulfide) groups is 1. The molecule has 0 spiro atoms. The molecule has 0 N–H and O–H groups in total. The molecule has 4 aromatic rings. The lowest BCUT2D eigenvalue weighted by Crippen LogP contribution is -2.22. The van der Waals surface area contributed by atoms with Crippen LogP contribution in [-0.2, 0) is 12.3 Å². The molecule has 0 amide bonds. The fraction of sp³-hybridized carbons (Fsp3) is 0.0952. The number of pyridine rings is 1. The standard InChI is InChI=1S/C21H16FN3OS/c1-2-10-25-20(26)17-7-3-4-8-18(17)24-21(25)27-13-15-12-16(22)11-14-6-5-9-23-19(14)15/h2-9,11-12H,1,10,13H2. The lowest BCUT2D eigenvalue weighted by atomic mass is 10.1. The number of fused-ring (bicyclic) bond motifs is 2. The van der Waals surface area contributed by atoms with Crippen LogP contribution in [0.5, 0.6) is 0 Å². The van der Waals surface area contributed by atoms with Gasteiger partial charge >= 0.3 is 0 Å². The van der Waals surface area contributed by atoms with Crippen LogP contribution in [-0.4, -0.2) is 14.5 Å². The summed E-state index contributed by atoms with van der Waals surface area (Å²) in [4.78, 5) is 21.8. The van der Waals surface area contributed by atoms with Crippen LogP contribution in [0.15, 0.2) is 77.3 Å². The van der Waals surface area contributed by atoms with E-state index >= 15 is 0 Å². The molecule has 0 aliphatic rings. The number of allylic oxidation sites excluding steroid dienone is 1. The Labute approximate surface area is 159 Å². The van der Waals surface area contributed by atoms with Gasteiger partial charge in [-0.2, -0.15) is 0 Å². The van der Waals surface area contributed by atoms with Crippen LogP contribution in [0.1, 0.15) is 5.56 Å². The van der Waals surface area contributed by atoms with Crippen LogP contribution in [0.25, 0.3) is 21.8 Å². The summed E-state index contributed by atoms with van der Waals surface area (Å²) >= 11 is 1.39. The van der Waals surface area contributed by atoms with E-state index in [0.29, 0.717) is 28.4 Å². The third kappa shape index (κ3) is 3.36. The zero-order valence-electron chi connectivity index (χ0n) is 14.4. The van der Waals surface area contributed by atoms with Crippen LogP contribution in [0.3, 0.4) is 0 Å². The predicted molar refractivity (Wildman–Crippen MR) is 107 cm³/mol. The maximum atomic E-state index is 14.0. The molecule has 27 heavy (non-hydrogen) atoms. The average molecular weight is 377 g/mol. The van der Waals surface area contributed by atoms with Gasteiger partial charge < -0.3 is 0 Å². The Morgan fingerprint density at radius 3 is 2.89 bits per heavy atom. The van der Waals surface area contributed by atoms with Gasteiger partial charge in [-0.3, -0.25) is 14.3 Å². The Kier molecular flexibility index (Phi) is 4.73. The Hall–Kier alpha value is -2.99. The molecule has 0 saturated heterocycles. The number of nitrogens with zero attached hydrogens (tertiary/aromatic N) is 3. The van der Waals surface area contributed by atoms with Crippen molar-refractivity contribution in [3.05, 3.63) is 89.1 Å². The van der Waals surface area contributed by atoms with Crippen LogP contribution >= 0.6 is 11.8 Å². The Morgan fingerprint density at radius 2 is 2.04 bits per heavy atom. The second-order valence-electron chi connectivity index (χ2n) is 6.04. The van der Waals surface area contributed by atoms with E-state index in [9.17, 15) is 9.18 Å². The number of para-hydroxylation sites is 1. The maximum absolute atomic E-state index is 14.0. The largest absolute Gasteiger partial charge is 0.283 e. The highest BCUT2D eigenvalue weighted by atomic mass is 32.2. The van der Waals surface area contributed by atoms with Gasteiger partial charge in [0.05, 0.1) is 16.4 Å². The molecule has 2 aromatic carbocycles. The molecular weight excluding hydrogens is 361 g/mol. The predicted octanol–water partition coefficient (Wildman–Crippen LogP) is 4.56. The van der Waals surface area contributed by atoms with Crippen molar-refractivity contribution in [2.45, 2.75) is 17.5 Å². The first-order valence-corrected chi connectivity index (χ1v) is 9.42. The van der Waals surface area contributed by atoms with E-state index in [0.717, 1.165) is 16.5 Å². The first-order chi connectivity index (χ1) is 13.2. The molecule has 2 aromatic heterocycles. The van der Waals surface area contributed by atoms with Gasteiger partial charge in [0, 0.05) is 23.9 Å². The first kappa shape index (κ1) is 17.4. The minimum Gasteiger partial charge on any atom is -0.283 e. The molecule has 0 bridgehead atoms. The van der Waals surface area contributed by atoms with Gasteiger partial charge in [0.1, 0.15) is 5.82 Å². The van der Waals surface area contributed by atoms with Crippen molar-refractivity contribution in [3.8, 4) is 0 Å². The topological polar surface area (TPSA) is 47.8 Å². The second-order valence-corrected chi connectivity index (χ2v) is 6.99. The fourth-order valence-corrected chi connectivity index (χ4v) is 4.01. The van der Waals surface area contributed by atoms with E-state index < -0.39 is 0 Å². The lowest BCUT2D eigenvalue weighted by molar-refractivity contribution is 0.628.